The number of carbonyl (C=O) groups is 3. The van der Waals surface area contributed by atoms with Gasteiger partial charge in [-0.1, -0.05) is 37.8 Å². The van der Waals surface area contributed by atoms with Crippen LogP contribution in [-0.4, -0.2) is 30.4 Å². The van der Waals surface area contributed by atoms with E-state index >= 15 is 0 Å². The lowest BCUT2D eigenvalue weighted by atomic mass is 10.1. The van der Waals surface area contributed by atoms with E-state index < -0.39 is 5.97 Å². The van der Waals surface area contributed by atoms with E-state index in [0.717, 1.165) is 25.7 Å². The third-order valence-corrected chi connectivity index (χ3v) is 5.35. The molecule has 0 heterocycles. The molecular weight excluding hydrogens is 344 g/mol. The lowest BCUT2D eigenvalue weighted by Gasteiger charge is -2.16. The molecule has 2 fully saturated rings. The Kier molecular flexibility index (Phi) is 6.48. The number of rotatable bonds is 6. The first kappa shape index (κ1) is 19.4. The number of amides is 2. The smallest absolute Gasteiger partial charge is 0.340 e. The number of carbonyl (C=O) groups excluding carboxylic acids is 3. The Morgan fingerprint density at radius 1 is 1.00 bits per heavy atom. The van der Waals surface area contributed by atoms with E-state index in [-0.39, 0.29) is 36.3 Å². The number of para-hydroxylation sites is 1. The van der Waals surface area contributed by atoms with Crippen LogP contribution in [0.25, 0.3) is 0 Å². The summed E-state index contributed by atoms with van der Waals surface area (Å²) in [7, 11) is 0. The Hall–Kier alpha value is -2.37. The molecule has 2 atom stereocenters. The van der Waals surface area contributed by atoms with Crippen LogP contribution in [0.4, 0.5) is 5.69 Å². The van der Waals surface area contributed by atoms with Gasteiger partial charge in [-0.15, -0.1) is 0 Å². The van der Waals surface area contributed by atoms with Gasteiger partial charge in [0, 0.05) is 6.04 Å². The van der Waals surface area contributed by atoms with E-state index in [9.17, 15) is 14.4 Å². The van der Waals surface area contributed by atoms with Gasteiger partial charge in [-0.05, 0) is 38.3 Å². The predicted octanol–water partition coefficient (Wildman–Crippen LogP) is 3.28. The standard InChI is InChI=1S/C21H28N2O4/c1-2-27-21(26)15-11-7-8-12-18(15)23-20(25)17-13-16(17)19(24)22-14-9-5-3-4-6-10-14/h7-8,11-12,14,16-17H,2-6,9-10,13H2,1H3,(H,22,24)(H,23,25). The highest BCUT2D eigenvalue weighted by molar-refractivity contribution is 6.04. The van der Waals surface area contributed by atoms with Crippen molar-refractivity contribution in [3.8, 4) is 0 Å². The van der Waals surface area contributed by atoms with Crippen LogP contribution < -0.4 is 10.6 Å². The molecule has 0 saturated heterocycles. The topological polar surface area (TPSA) is 84.5 Å². The second kappa shape index (κ2) is 9.02. The fraction of sp³-hybridized carbons (Fsp3) is 0.571. The second-order valence-corrected chi connectivity index (χ2v) is 7.40. The molecule has 146 valence electrons. The molecule has 2 N–H and O–H groups in total. The van der Waals surface area contributed by atoms with E-state index in [4.69, 9.17) is 4.74 Å². The monoisotopic (exact) mass is 372 g/mol. The summed E-state index contributed by atoms with van der Waals surface area (Å²) in [5, 5.41) is 5.91. The van der Waals surface area contributed by atoms with Crippen molar-refractivity contribution < 1.29 is 19.1 Å². The van der Waals surface area contributed by atoms with Crippen molar-refractivity contribution in [1.29, 1.82) is 0 Å². The molecule has 2 amide bonds. The largest absolute Gasteiger partial charge is 0.462 e. The first-order valence-electron chi connectivity index (χ1n) is 9.97. The Morgan fingerprint density at radius 2 is 1.67 bits per heavy atom. The van der Waals surface area contributed by atoms with Crippen molar-refractivity contribution in [3.63, 3.8) is 0 Å². The fourth-order valence-electron chi connectivity index (χ4n) is 3.71. The van der Waals surface area contributed by atoms with Gasteiger partial charge in [0.2, 0.25) is 11.8 Å². The molecule has 0 aliphatic heterocycles. The van der Waals surface area contributed by atoms with Crippen molar-refractivity contribution >= 4 is 23.5 Å². The number of nitrogens with one attached hydrogen (secondary N) is 2. The maximum Gasteiger partial charge on any atom is 0.340 e. The molecule has 1 aromatic rings. The van der Waals surface area contributed by atoms with Gasteiger partial charge >= 0.3 is 5.97 Å². The van der Waals surface area contributed by atoms with Crippen molar-refractivity contribution in [1.82, 2.24) is 5.32 Å². The SMILES string of the molecule is CCOC(=O)c1ccccc1NC(=O)C1CC1C(=O)NC1CCCCCC1. The fourth-order valence-corrected chi connectivity index (χ4v) is 3.71. The molecule has 27 heavy (non-hydrogen) atoms. The number of ether oxygens (including phenoxy) is 1. The summed E-state index contributed by atoms with van der Waals surface area (Å²) in [4.78, 5) is 37.0. The summed E-state index contributed by atoms with van der Waals surface area (Å²) in [6.45, 7) is 2.01. The van der Waals surface area contributed by atoms with Crippen LogP contribution in [0.1, 0.15) is 62.2 Å². The van der Waals surface area contributed by atoms with Crippen LogP contribution in [0.3, 0.4) is 0 Å². The van der Waals surface area contributed by atoms with Gasteiger partial charge in [-0.2, -0.15) is 0 Å². The Labute approximate surface area is 160 Å². The minimum Gasteiger partial charge on any atom is -0.462 e. The van der Waals surface area contributed by atoms with Gasteiger partial charge in [-0.25, -0.2) is 4.79 Å². The van der Waals surface area contributed by atoms with Crippen LogP contribution in [-0.2, 0) is 14.3 Å². The molecule has 6 nitrogen and oxygen atoms in total. The van der Waals surface area contributed by atoms with Gasteiger partial charge < -0.3 is 15.4 Å². The minimum atomic E-state index is -0.466. The van der Waals surface area contributed by atoms with Crippen molar-refractivity contribution in [3.05, 3.63) is 29.8 Å². The van der Waals surface area contributed by atoms with Crippen LogP contribution in [0.15, 0.2) is 24.3 Å². The maximum absolute atomic E-state index is 12.5. The first-order chi connectivity index (χ1) is 13.1. The minimum absolute atomic E-state index is 0.0132. The van der Waals surface area contributed by atoms with Crippen LogP contribution in [0, 0.1) is 11.8 Å². The normalized spacial score (nSPS) is 22.4. The van der Waals surface area contributed by atoms with Gasteiger partial charge in [-0.3, -0.25) is 9.59 Å². The number of hydrogen-bond acceptors (Lipinski definition) is 4. The summed E-state index contributed by atoms with van der Waals surface area (Å²) < 4.78 is 5.03. The molecule has 3 rings (SSSR count). The molecule has 2 aliphatic carbocycles. The van der Waals surface area contributed by atoms with Crippen LogP contribution >= 0.6 is 0 Å². The van der Waals surface area contributed by atoms with Crippen molar-refractivity contribution in [2.45, 2.75) is 57.9 Å². The van der Waals surface area contributed by atoms with E-state index in [1.807, 2.05) is 0 Å². The molecule has 0 bridgehead atoms. The molecule has 0 radical (unpaired) electrons. The lowest BCUT2D eigenvalue weighted by Crippen LogP contribution is -2.36. The highest BCUT2D eigenvalue weighted by Crippen LogP contribution is 2.40. The molecule has 6 heteroatoms. The molecule has 2 unspecified atom stereocenters. The number of benzene rings is 1. The van der Waals surface area contributed by atoms with E-state index in [2.05, 4.69) is 10.6 Å². The lowest BCUT2D eigenvalue weighted by molar-refractivity contribution is -0.125. The average molecular weight is 372 g/mol. The Bertz CT molecular complexity index is 695. The van der Waals surface area contributed by atoms with Crippen molar-refractivity contribution in [2.75, 3.05) is 11.9 Å². The average Bonchev–Trinajstić information content (AvgIpc) is 3.47. The molecule has 1 aromatic carbocycles. The Morgan fingerprint density at radius 3 is 2.37 bits per heavy atom. The van der Waals surface area contributed by atoms with Gasteiger partial charge in [0.25, 0.3) is 0 Å². The summed E-state index contributed by atoms with van der Waals surface area (Å²) in [6, 6.07) is 7.02. The maximum atomic E-state index is 12.5. The van der Waals surface area contributed by atoms with E-state index in [1.165, 1.54) is 12.8 Å². The van der Waals surface area contributed by atoms with Gasteiger partial charge in [0.15, 0.2) is 0 Å². The zero-order valence-corrected chi connectivity index (χ0v) is 15.8. The molecule has 0 spiro atoms. The van der Waals surface area contributed by atoms with E-state index in [1.54, 1.807) is 31.2 Å². The zero-order chi connectivity index (χ0) is 19.2. The number of hydrogen-bond donors (Lipinski definition) is 2. The highest BCUT2D eigenvalue weighted by atomic mass is 16.5. The highest BCUT2D eigenvalue weighted by Gasteiger charge is 2.48. The third-order valence-electron chi connectivity index (χ3n) is 5.35. The summed E-state index contributed by atoms with van der Waals surface area (Å²) in [5.74, 6) is -1.28. The Balaban J connectivity index is 1.54. The number of anilines is 1. The summed E-state index contributed by atoms with van der Waals surface area (Å²) >= 11 is 0. The molecule has 0 aromatic heterocycles. The van der Waals surface area contributed by atoms with Crippen LogP contribution in [0.5, 0.6) is 0 Å². The van der Waals surface area contributed by atoms with Crippen molar-refractivity contribution in [2.24, 2.45) is 11.8 Å². The van der Waals surface area contributed by atoms with Gasteiger partial charge in [0.1, 0.15) is 0 Å². The quantitative estimate of drug-likeness (QED) is 0.593. The summed E-state index contributed by atoms with van der Waals surface area (Å²) in [5.41, 5.74) is 0.753. The van der Waals surface area contributed by atoms with Gasteiger partial charge in [0.05, 0.1) is 29.7 Å². The second-order valence-electron chi connectivity index (χ2n) is 7.40. The van der Waals surface area contributed by atoms with E-state index in [0.29, 0.717) is 17.7 Å². The zero-order valence-electron chi connectivity index (χ0n) is 15.8. The summed E-state index contributed by atoms with van der Waals surface area (Å²) in [6.07, 6.45) is 7.41. The van der Waals surface area contributed by atoms with Crippen LogP contribution in [0.2, 0.25) is 0 Å². The number of esters is 1. The molecule has 2 saturated carbocycles. The first-order valence-corrected chi connectivity index (χ1v) is 9.97. The predicted molar refractivity (Wildman–Crippen MR) is 102 cm³/mol. The molecular formula is C21H28N2O4. The molecule has 2 aliphatic rings. The third kappa shape index (κ3) is 5.08.